The van der Waals surface area contributed by atoms with Crippen LogP contribution < -0.4 is 5.11 Å². The van der Waals surface area contributed by atoms with Gasteiger partial charge in [0.05, 0.1) is 23.1 Å². The number of para-hydroxylation sites is 1. The first-order valence-electron chi connectivity index (χ1n) is 9.20. The van der Waals surface area contributed by atoms with E-state index < -0.39 is 18.4 Å². The molecule has 2 heterocycles. The minimum Gasteiger partial charge on any atom is -0.548 e. The Labute approximate surface area is 187 Å². The third-order valence-corrected chi connectivity index (χ3v) is 6.03. The number of carbonyl (C=O) groups excluding carboxylic acids is 2. The summed E-state index contributed by atoms with van der Waals surface area (Å²) in [4.78, 5) is 24.8. The highest BCUT2D eigenvalue weighted by Gasteiger charge is 2.32. The second-order valence-corrected chi connectivity index (χ2v) is 8.49. The standard InChI is InChI=1S/C22H16FN3O3S2/c1-13-7-8-14(9-17(13)23)20-15(11-26(24-20)16-5-3-2-4-6-16)10-18-21(29)25(12-19(27)28)22(30)31-18/h2-11H,12H2,1H3,(H,27,28)/p-1/b18-10-. The molecule has 0 radical (unpaired) electrons. The van der Waals surface area contributed by atoms with Gasteiger partial charge in [0.25, 0.3) is 5.91 Å². The second kappa shape index (κ2) is 8.44. The van der Waals surface area contributed by atoms with Crippen LogP contribution in [0.25, 0.3) is 23.0 Å². The fraction of sp³-hybridized carbons (Fsp3) is 0.0909. The van der Waals surface area contributed by atoms with Gasteiger partial charge in [-0.1, -0.05) is 54.3 Å². The van der Waals surface area contributed by atoms with Gasteiger partial charge >= 0.3 is 0 Å². The fourth-order valence-corrected chi connectivity index (χ4v) is 4.32. The first-order chi connectivity index (χ1) is 14.8. The molecule has 1 aliphatic heterocycles. The number of aromatic nitrogens is 2. The van der Waals surface area contributed by atoms with E-state index in [1.807, 2.05) is 30.3 Å². The van der Waals surface area contributed by atoms with Gasteiger partial charge in [-0.15, -0.1) is 0 Å². The number of aliphatic carboxylic acids is 1. The molecule has 6 nitrogen and oxygen atoms in total. The third kappa shape index (κ3) is 4.28. The average Bonchev–Trinajstić information content (AvgIpc) is 3.27. The molecule has 4 rings (SSSR count). The Balaban J connectivity index is 1.81. The zero-order valence-corrected chi connectivity index (χ0v) is 17.9. The predicted octanol–water partition coefficient (Wildman–Crippen LogP) is 2.94. The third-order valence-electron chi connectivity index (χ3n) is 4.66. The Morgan fingerprint density at radius 2 is 2.00 bits per heavy atom. The number of benzene rings is 2. The van der Waals surface area contributed by atoms with Crippen molar-refractivity contribution >= 4 is 46.3 Å². The van der Waals surface area contributed by atoms with Crippen molar-refractivity contribution in [3.8, 4) is 16.9 Å². The van der Waals surface area contributed by atoms with E-state index >= 15 is 0 Å². The summed E-state index contributed by atoms with van der Waals surface area (Å²) >= 11 is 6.13. The normalized spacial score (nSPS) is 15.2. The summed E-state index contributed by atoms with van der Waals surface area (Å²) in [5.41, 5.74) is 2.90. The van der Waals surface area contributed by atoms with Gasteiger partial charge in [-0.2, -0.15) is 5.10 Å². The molecule has 1 amide bonds. The minimum absolute atomic E-state index is 0.138. The van der Waals surface area contributed by atoms with Gasteiger partial charge in [0, 0.05) is 17.3 Å². The molecule has 0 spiro atoms. The number of thiocarbonyl (C=S) groups is 1. The molecule has 31 heavy (non-hydrogen) atoms. The highest BCUT2D eigenvalue weighted by atomic mass is 32.2. The number of carbonyl (C=O) groups is 2. The lowest BCUT2D eigenvalue weighted by atomic mass is 10.1. The number of hydrogen-bond donors (Lipinski definition) is 0. The summed E-state index contributed by atoms with van der Waals surface area (Å²) in [5.74, 6) is -2.28. The molecule has 1 saturated heterocycles. The number of thioether (sulfide) groups is 1. The van der Waals surface area contributed by atoms with Crippen LogP contribution in [0.2, 0.25) is 0 Å². The van der Waals surface area contributed by atoms with Gasteiger partial charge in [-0.25, -0.2) is 9.07 Å². The van der Waals surface area contributed by atoms with Crippen molar-refractivity contribution in [3.05, 3.63) is 76.6 Å². The monoisotopic (exact) mass is 452 g/mol. The van der Waals surface area contributed by atoms with E-state index in [0.29, 0.717) is 22.4 Å². The molecule has 1 aromatic heterocycles. The van der Waals surface area contributed by atoms with Gasteiger partial charge in [0.2, 0.25) is 0 Å². The Hall–Kier alpha value is -3.30. The molecule has 0 atom stereocenters. The zero-order chi connectivity index (χ0) is 22.1. The van der Waals surface area contributed by atoms with E-state index in [-0.39, 0.29) is 15.0 Å². The van der Waals surface area contributed by atoms with Crippen LogP contribution in [0.1, 0.15) is 11.1 Å². The van der Waals surface area contributed by atoms with E-state index in [2.05, 4.69) is 5.10 Å². The van der Waals surface area contributed by atoms with E-state index in [1.54, 1.807) is 36.0 Å². The largest absolute Gasteiger partial charge is 0.548 e. The second-order valence-electron chi connectivity index (χ2n) is 6.82. The van der Waals surface area contributed by atoms with Crippen LogP contribution in [0.3, 0.4) is 0 Å². The van der Waals surface area contributed by atoms with Crippen LogP contribution >= 0.6 is 24.0 Å². The van der Waals surface area contributed by atoms with Crippen LogP contribution in [0.5, 0.6) is 0 Å². The van der Waals surface area contributed by atoms with Crippen molar-refractivity contribution in [2.24, 2.45) is 0 Å². The van der Waals surface area contributed by atoms with Gasteiger partial charge in [0.15, 0.2) is 0 Å². The maximum atomic E-state index is 14.2. The molecule has 0 aliphatic carbocycles. The molecule has 0 N–H and O–H groups in total. The summed E-state index contributed by atoms with van der Waals surface area (Å²) in [6.07, 6.45) is 3.32. The molecular formula is C22H15FN3O3S2-. The average molecular weight is 453 g/mol. The van der Waals surface area contributed by atoms with Gasteiger partial charge in [-0.3, -0.25) is 9.69 Å². The van der Waals surface area contributed by atoms with Crippen LogP contribution in [0.4, 0.5) is 4.39 Å². The van der Waals surface area contributed by atoms with Crippen LogP contribution in [-0.4, -0.2) is 37.4 Å². The van der Waals surface area contributed by atoms with Crippen molar-refractivity contribution in [1.29, 1.82) is 0 Å². The summed E-state index contributed by atoms with van der Waals surface area (Å²) < 4.78 is 16.0. The summed E-state index contributed by atoms with van der Waals surface area (Å²) in [6, 6.07) is 14.2. The Morgan fingerprint density at radius 3 is 2.68 bits per heavy atom. The van der Waals surface area contributed by atoms with E-state index in [0.717, 1.165) is 22.3 Å². The molecule has 0 saturated carbocycles. The molecule has 1 aliphatic rings. The number of rotatable bonds is 5. The van der Waals surface area contributed by atoms with Crippen LogP contribution in [0, 0.1) is 12.7 Å². The molecular weight excluding hydrogens is 437 g/mol. The maximum absolute atomic E-state index is 14.2. The van der Waals surface area contributed by atoms with Crippen molar-refractivity contribution in [1.82, 2.24) is 14.7 Å². The smallest absolute Gasteiger partial charge is 0.266 e. The van der Waals surface area contributed by atoms with Crippen molar-refractivity contribution in [3.63, 3.8) is 0 Å². The molecule has 3 aromatic rings. The molecule has 0 unspecified atom stereocenters. The highest BCUT2D eigenvalue weighted by Crippen LogP contribution is 2.35. The SMILES string of the molecule is Cc1ccc(-c2nn(-c3ccccc3)cc2/C=C2\SC(=S)N(CC(=O)[O-])C2=O)cc1F. The van der Waals surface area contributed by atoms with Gasteiger partial charge < -0.3 is 9.90 Å². The number of halogens is 1. The number of carboxylic acids is 1. The highest BCUT2D eigenvalue weighted by molar-refractivity contribution is 8.26. The van der Waals surface area contributed by atoms with Gasteiger partial charge in [-0.05, 0) is 36.8 Å². The van der Waals surface area contributed by atoms with E-state index in [4.69, 9.17) is 12.2 Å². The van der Waals surface area contributed by atoms with Crippen molar-refractivity contribution < 1.29 is 19.1 Å². The Morgan fingerprint density at radius 1 is 1.26 bits per heavy atom. The molecule has 156 valence electrons. The summed E-state index contributed by atoms with van der Waals surface area (Å²) in [5, 5.41) is 15.5. The first-order valence-corrected chi connectivity index (χ1v) is 10.4. The fourth-order valence-electron chi connectivity index (χ4n) is 3.08. The quantitative estimate of drug-likeness (QED) is 0.438. The number of nitrogens with zero attached hydrogens (tertiary/aromatic N) is 3. The molecule has 1 fully saturated rings. The van der Waals surface area contributed by atoms with E-state index in [9.17, 15) is 19.1 Å². The Kier molecular flexibility index (Phi) is 5.71. The molecule has 0 bridgehead atoms. The lowest BCUT2D eigenvalue weighted by molar-refractivity contribution is -0.305. The maximum Gasteiger partial charge on any atom is 0.266 e. The number of amides is 1. The number of carboxylic acid groups (broad SMARTS) is 1. The van der Waals surface area contributed by atoms with Gasteiger partial charge in [0.1, 0.15) is 15.8 Å². The zero-order valence-electron chi connectivity index (χ0n) is 16.2. The number of aryl methyl sites for hydroxylation is 1. The topological polar surface area (TPSA) is 78.3 Å². The lowest BCUT2D eigenvalue weighted by Gasteiger charge is -2.14. The van der Waals surface area contributed by atoms with Crippen LogP contribution in [-0.2, 0) is 9.59 Å². The number of hydrogen-bond acceptors (Lipinski definition) is 6. The van der Waals surface area contributed by atoms with Crippen LogP contribution in [0.15, 0.2) is 59.6 Å². The molecule has 2 aromatic carbocycles. The summed E-state index contributed by atoms with van der Waals surface area (Å²) in [7, 11) is 0. The molecule has 9 heteroatoms. The van der Waals surface area contributed by atoms with Crippen molar-refractivity contribution in [2.45, 2.75) is 6.92 Å². The minimum atomic E-state index is -1.40. The van der Waals surface area contributed by atoms with E-state index in [1.165, 1.54) is 6.07 Å². The first kappa shape index (κ1) is 21.0. The summed E-state index contributed by atoms with van der Waals surface area (Å²) in [6.45, 7) is 1.06. The lowest BCUT2D eigenvalue weighted by Crippen LogP contribution is -2.40. The predicted molar refractivity (Wildman–Crippen MR) is 119 cm³/mol. The Bertz CT molecular complexity index is 1240. The van der Waals surface area contributed by atoms with Crippen molar-refractivity contribution in [2.75, 3.05) is 6.54 Å².